The van der Waals surface area contributed by atoms with Crippen LogP contribution in [0, 0.1) is 0 Å². The third kappa shape index (κ3) is 6.66. The molecule has 0 aliphatic heterocycles. The van der Waals surface area contributed by atoms with E-state index in [1.54, 1.807) is 31.3 Å². The van der Waals surface area contributed by atoms with E-state index in [2.05, 4.69) is 17.2 Å². The van der Waals surface area contributed by atoms with Crippen molar-refractivity contribution < 1.29 is 14.3 Å². The van der Waals surface area contributed by atoms with Crippen molar-refractivity contribution in [2.75, 3.05) is 18.6 Å². The Morgan fingerprint density at radius 1 is 1.16 bits per heavy atom. The second kappa shape index (κ2) is 10.6. The van der Waals surface area contributed by atoms with E-state index in [0.29, 0.717) is 31.1 Å². The van der Waals surface area contributed by atoms with Crippen molar-refractivity contribution in [3.05, 3.63) is 53.9 Å². The van der Waals surface area contributed by atoms with Crippen LogP contribution < -0.4 is 14.8 Å². The molecule has 25 heavy (non-hydrogen) atoms. The Bertz CT molecular complexity index is 665. The third-order valence-electron chi connectivity index (χ3n) is 3.54. The number of nitrogens with zero attached hydrogens (tertiary/aromatic N) is 1. The normalized spacial score (nSPS) is 10.3. The van der Waals surface area contributed by atoms with E-state index in [1.165, 1.54) is 0 Å². The van der Waals surface area contributed by atoms with Crippen molar-refractivity contribution in [1.29, 1.82) is 0 Å². The first-order valence-corrected chi connectivity index (χ1v) is 9.41. The smallest absolute Gasteiger partial charge is 0.221 e. The third-order valence-corrected chi connectivity index (χ3v) is 4.44. The van der Waals surface area contributed by atoms with Crippen molar-refractivity contribution in [3.8, 4) is 11.5 Å². The Morgan fingerprint density at radius 2 is 1.96 bits per heavy atom. The van der Waals surface area contributed by atoms with Gasteiger partial charge in [0.1, 0.15) is 6.61 Å². The van der Waals surface area contributed by atoms with E-state index >= 15 is 0 Å². The fraction of sp³-hybridized carbons (Fsp3) is 0.368. The molecule has 5 nitrogen and oxygen atoms in total. The monoisotopic (exact) mass is 360 g/mol. The van der Waals surface area contributed by atoms with Gasteiger partial charge in [-0.15, -0.1) is 0 Å². The fourth-order valence-electron chi connectivity index (χ4n) is 2.18. The number of hydrogen-bond acceptors (Lipinski definition) is 5. The molecule has 1 heterocycles. The summed E-state index contributed by atoms with van der Waals surface area (Å²) < 4.78 is 11.2. The summed E-state index contributed by atoms with van der Waals surface area (Å²) in [6.45, 7) is 3.02. The Labute approximate surface area is 153 Å². The van der Waals surface area contributed by atoms with Gasteiger partial charge in [0.25, 0.3) is 0 Å². The summed E-state index contributed by atoms with van der Waals surface area (Å²) in [5, 5.41) is 2.93. The van der Waals surface area contributed by atoms with Gasteiger partial charge < -0.3 is 14.8 Å². The summed E-state index contributed by atoms with van der Waals surface area (Å²) >= 11 is 1.77. The molecule has 0 bridgehead atoms. The average Bonchev–Trinajstić information content (AvgIpc) is 2.66. The highest BCUT2D eigenvalue weighted by atomic mass is 32.2. The molecule has 1 amide bonds. The molecule has 0 spiro atoms. The molecule has 0 saturated heterocycles. The van der Waals surface area contributed by atoms with Crippen LogP contribution in [0.2, 0.25) is 0 Å². The van der Waals surface area contributed by atoms with Crippen LogP contribution in [0.1, 0.15) is 24.5 Å². The van der Waals surface area contributed by atoms with E-state index < -0.39 is 0 Å². The standard InChI is InChI=1S/C19H24N2O3S/c1-3-25-11-8-19(22)21-13-16-4-5-17(18(12-16)23-2)24-14-15-6-9-20-10-7-15/h4-7,9-10,12H,3,8,11,13-14H2,1-2H3,(H,21,22). The van der Waals surface area contributed by atoms with E-state index in [1.807, 2.05) is 30.3 Å². The van der Waals surface area contributed by atoms with Gasteiger partial charge in [0.05, 0.1) is 7.11 Å². The molecule has 0 atom stereocenters. The van der Waals surface area contributed by atoms with E-state index in [9.17, 15) is 4.79 Å². The van der Waals surface area contributed by atoms with E-state index in [0.717, 1.165) is 22.6 Å². The number of nitrogens with one attached hydrogen (secondary N) is 1. The Kier molecular flexibility index (Phi) is 8.12. The number of thioether (sulfide) groups is 1. The number of carbonyl (C=O) groups is 1. The van der Waals surface area contributed by atoms with Crippen LogP contribution >= 0.6 is 11.8 Å². The van der Waals surface area contributed by atoms with Crippen LogP contribution in [-0.4, -0.2) is 29.5 Å². The van der Waals surface area contributed by atoms with Gasteiger partial charge in [-0.1, -0.05) is 13.0 Å². The molecule has 0 aliphatic rings. The van der Waals surface area contributed by atoms with Crippen LogP contribution in [0.5, 0.6) is 11.5 Å². The van der Waals surface area contributed by atoms with Gasteiger partial charge in [-0.05, 0) is 41.1 Å². The number of aromatic nitrogens is 1. The van der Waals surface area contributed by atoms with Crippen molar-refractivity contribution in [2.45, 2.75) is 26.5 Å². The van der Waals surface area contributed by atoms with Crippen molar-refractivity contribution in [2.24, 2.45) is 0 Å². The Hall–Kier alpha value is -2.21. The van der Waals surface area contributed by atoms with Crippen LogP contribution in [0.4, 0.5) is 0 Å². The largest absolute Gasteiger partial charge is 0.493 e. The molecule has 0 radical (unpaired) electrons. The van der Waals surface area contributed by atoms with Gasteiger partial charge in [-0.3, -0.25) is 9.78 Å². The van der Waals surface area contributed by atoms with Gasteiger partial charge >= 0.3 is 0 Å². The molecule has 1 aromatic carbocycles. The fourth-order valence-corrected chi connectivity index (χ4v) is 2.80. The molecule has 0 fully saturated rings. The minimum Gasteiger partial charge on any atom is -0.493 e. The number of benzene rings is 1. The maximum Gasteiger partial charge on any atom is 0.221 e. The zero-order valence-corrected chi connectivity index (χ0v) is 15.5. The highest BCUT2D eigenvalue weighted by Gasteiger charge is 2.08. The molecule has 2 rings (SSSR count). The van der Waals surface area contributed by atoms with Crippen molar-refractivity contribution in [1.82, 2.24) is 10.3 Å². The first-order chi connectivity index (χ1) is 12.2. The second-order valence-electron chi connectivity index (χ2n) is 5.35. The first-order valence-electron chi connectivity index (χ1n) is 8.26. The summed E-state index contributed by atoms with van der Waals surface area (Å²) in [6, 6.07) is 9.52. The number of carbonyl (C=O) groups excluding carboxylic acids is 1. The van der Waals surface area contributed by atoms with Gasteiger partial charge in [0, 0.05) is 31.1 Å². The van der Waals surface area contributed by atoms with E-state index in [4.69, 9.17) is 9.47 Å². The van der Waals surface area contributed by atoms with Crippen LogP contribution in [0.15, 0.2) is 42.7 Å². The lowest BCUT2D eigenvalue weighted by molar-refractivity contribution is -0.120. The highest BCUT2D eigenvalue weighted by Crippen LogP contribution is 2.28. The summed E-state index contributed by atoms with van der Waals surface area (Å²) in [7, 11) is 1.61. The van der Waals surface area contributed by atoms with Crippen molar-refractivity contribution >= 4 is 17.7 Å². The lowest BCUT2D eigenvalue weighted by atomic mass is 10.2. The molecule has 0 unspecified atom stereocenters. The van der Waals surface area contributed by atoms with Crippen LogP contribution in [0.25, 0.3) is 0 Å². The first kappa shape index (κ1) is 19.1. The SMILES string of the molecule is CCSCCC(=O)NCc1ccc(OCc2ccncc2)c(OC)c1. The number of rotatable bonds is 10. The number of methoxy groups -OCH3 is 1. The maximum atomic E-state index is 11.8. The number of ether oxygens (including phenoxy) is 2. The van der Waals surface area contributed by atoms with Gasteiger partial charge in [0.2, 0.25) is 5.91 Å². The van der Waals surface area contributed by atoms with Gasteiger partial charge in [-0.25, -0.2) is 0 Å². The second-order valence-corrected chi connectivity index (χ2v) is 6.75. The summed E-state index contributed by atoms with van der Waals surface area (Å²) in [5.74, 6) is 3.29. The van der Waals surface area contributed by atoms with Crippen LogP contribution in [-0.2, 0) is 17.9 Å². The number of amides is 1. The molecular weight excluding hydrogens is 336 g/mol. The average molecular weight is 360 g/mol. The molecule has 1 aromatic heterocycles. The predicted octanol–water partition coefficient (Wildman–Crippen LogP) is 3.43. The number of pyridine rings is 1. The molecule has 0 aliphatic carbocycles. The van der Waals surface area contributed by atoms with Gasteiger partial charge in [0.15, 0.2) is 11.5 Å². The lowest BCUT2D eigenvalue weighted by Gasteiger charge is -2.13. The molecule has 6 heteroatoms. The summed E-state index contributed by atoms with van der Waals surface area (Å²) in [6.07, 6.45) is 4.02. The molecular formula is C19H24N2O3S. The van der Waals surface area contributed by atoms with E-state index in [-0.39, 0.29) is 5.91 Å². The topological polar surface area (TPSA) is 60.5 Å². The molecule has 134 valence electrons. The van der Waals surface area contributed by atoms with Gasteiger partial charge in [-0.2, -0.15) is 11.8 Å². The Balaban J connectivity index is 1.88. The zero-order valence-electron chi connectivity index (χ0n) is 14.7. The minimum atomic E-state index is 0.0675. The quantitative estimate of drug-likeness (QED) is 0.658. The van der Waals surface area contributed by atoms with Crippen LogP contribution in [0.3, 0.4) is 0 Å². The minimum absolute atomic E-state index is 0.0675. The molecule has 2 aromatic rings. The van der Waals surface area contributed by atoms with Crippen molar-refractivity contribution in [3.63, 3.8) is 0 Å². The summed E-state index contributed by atoms with van der Waals surface area (Å²) in [5.41, 5.74) is 2.02. The molecule has 1 N–H and O–H groups in total. The predicted molar refractivity (Wildman–Crippen MR) is 101 cm³/mol. The highest BCUT2D eigenvalue weighted by molar-refractivity contribution is 7.99. The summed E-state index contributed by atoms with van der Waals surface area (Å²) in [4.78, 5) is 15.8. The zero-order chi connectivity index (χ0) is 17.9. The lowest BCUT2D eigenvalue weighted by Crippen LogP contribution is -2.23. The molecule has 0 saturated carbocycles. The number of hydrogen-bond donors (Lipinski definition) is 1. The Morgan fingerprint density at radius 3 is 2.68 bits per heavy atom. The maximum absolute atomic E-state index is 11.8.